The Hall–Kier alpha value is -2.47. The molecule has 3 rings (SSSR count). The van der Waals surface area contributed by atoms with Crippen LogP contribution in [0.2, 0.25) is 0 Å². The monoisotopic (exact) mass is 387 g/mol. The van der Waals surface area contributed by atoms with E-state index in [-0.39, 0.29) is 11.4 Å². The highest BCUT2D eigenvalue weighted by Gasteiger charge is 2.29. The van der Waals surface area contributed by atoms with E-state index in [0.29, 0.717) is 9.30 Å². The molecular weight excluding hydrogens is 379 g/mol. The van der Waals surface area contributed by atoms with E-state index in [4.69, 9.17) is 0 Å². The Morgan fingerprint density at radius 1 is 1.28 bits per heavy atom. The minimum atomic E-state index is -4.42. The maximum absolute atomic E-state index is 12.5. The summed E-state index contributed by atoms with van der Waals surface area (Å²) in [5, 5.41) is 13.8. The predicted octanol–water partition coefficient (Wildman–Crippen LogP) is 2.30. The number of nitrogens with zero attached hydrogens (tertiary/aromatic N) is 4. The number of aromatic nitrogens is 4. The van der Waals surface area contributed by atoms with Gasteiger partial charge in [-0.3, -0.25) is 9.59 Å². The largest absolute Gasteiger partial charge is 0.416 e. The molecule has 0 radical (unpaired) electrons. The number of nitrogens with one attached hydrogen (secondary N) is 1. The van der Waals surface area contributed by atoms with Crippen LogP contribution in [-0.4, -0.2) is 31.5 Å². The number of thioether (sulfide) groups is 1. The lowest BCUT2D eigenvalue weighted by Crippen LogP contribution is -2.15. The van der Waals surface area contributed by atoms with Gasteiger partial charge in [-0.05, 0) is 24.3 Å². The van der Waals surface area contributed by atoms with Crippen LogP contribution < -0.4 is 10.9 Å². The molecular formula is C13H8F3N5O2S2. The van der Waals surface area contributed by atoms with Gasteiger partial charge in [0.2, 0.25) is 10.9 Å². The number of anilines is 1. The Labute approximate surface area is 145 Å². The van der Waals surface area contributed by atoms with Gasteiger partial charge in [-0.15, -0.1) is 10.2 Å². The molecule has 1 amide bonds. The van der Waals surface area contributed by atoms with Gasteiger partial charge in [0, 0.05) is 5.69 Å². The minimum Gasteiger partial charge on any atom is -0.325 e. The van der Waals surface area contributed by atoms with Crippen LogP contribution in [0.3, 0.4) is 0 Å². The highest BCUT2D eigenvalue weighted by molar-refractivity contribution is 8.01. The van der Waals surface area contributed by atoms with Crippen molar-refractivity contribution in [2.24, 2.45) is 0 Å². The molecule has 0 aliphatic carbocycles. The minimum absolute atomic E-state index is 0.0248. The van der Waals surface area contributed by atoms with Gasteiger partial charge in [-0.2, -0.15) is 22.8 Å². The highest BCUT2D eigenvalue weighted by atomic mass is 32.2. The average molecular weight is 387 g/mol. The molecule has 7 nitrogen and oxygen atoms in total. The topological polar surface area (TPSA) is 89.3 Å². The van der Waals surface area contributed by atoms with E-state index < -0.39 is 23.2 Å². The number of hydrogen-bond acceptors (Lipinski definition) is 7. The Balaban J connectivity index is 1.60. The number of carbonyl (C=O) groups is 1. The second kappa shape index (κ2) is 6.80. The summed E-state index contributed by atoms with van der Waals surface area (Å²) in [5.41, 5.74) is -0.965. The molecule has 1 aromatic carbocycles. The second-order valence-electron chi connectivity index (χ2n) is 4.66. The molecule has 0 bridgehead atoms. The number of benzene rings is 1. The quantitative estimate of drug-likeness (QED) is 0.691. The Bertz CT molecular complexity index is 968. The summed E-state index contributed by atoms with van der Waals surface area (Å²) >= 11 is 2.18. The molecule has 0 saturated carbocycles. The third kappa shape index (κ3) is 4.14. The van der Waals surface area contributed by atoms with Gasteiger partial charge in [-0.1, -0.05) is 23.1 Å². The number of halogens is 3. The van der Waals surface area contributed by atoms with Crippen LogP contribution in [0.15, 0.2) is 39.6 Å². The summed E-state index contributed by atoms with van der Waals surface area (Å²) in [6.07, 6.45) is -3.40. The SMILES string of the molecule is O=C(CSc1nn2c(=O)cnnc2s1)Nc1ccc(C(F)(F)F)cc1. The van der Waals surface area contributed by atoms with E-state index in [1.54, 1.807) is 0 Å². The number of alkyl halides is 3. The lowest BCUT2D eigenvalue weighted by atomic mass is 10.2. The van der Waals surface area contributed by atoms with Crippen LogP contribution in [-0.2, 0) is 11.0 Å². The van der Waals surface area contributed by atoms with E-state index in [1.807, 2.05) is 0 Å². The van der Waals surface area contributed by atoms with E-state index in [9.17, 15) is 22.8 Å². The van der Waals surface area contributed by atoms with Crippen molar-refractivity contribution >= 4 is 39.7 Å². The first-order valence-electron chi connectivity index (χ1n) is 6.64. The maximum atomic E-state index is 12.5. The third-order valence-corrected chi connectivity index (χ3v) is 4.92. The summed E-state index contributed by atoms with van der Waals surface area (Å²) < 4.78 is 39.0. The Morgan fingerprint density at radius 2 is 2.00 bits per heavy atom. The summed E-state index contributed by atoms with van der Waals surface area (Å²) in [6.45, 7) is 0. The van der Waals surface area contributed by atoms with Crippen molar-refractivity contribution in [3.8, 4) is 0 Å². The number of rotatable bonds is 4. The molecule has 12 heteroatoms. The average Bonchev–Trinajstić information content (AvgIpc) is 2.97. The second-order valence-corrected chi connectivity index (χ2v) is 6.84. The smallest absolute Gasteiger partial charge is 0.325 e. The van der Waals surface area contributed by atoms with Crippen molar-refractivity contribution < 1.29 is 18.0 Å². The molecule has 0 aliphatic rings. The molecule has 2 heterocycles. The molecule has 0 fully saturated rings. The lowest BCUT2D eigenvalue weighted by molar-refractivity contribution is -0.137. The summed E-state index contributed by atoms with van der Waals surface area (Å²) in [6, 6.07) is 4.14. The lowest BCUT2D eigenvalue weighted by Gasteiger charge is -2.08. The summed E-state index contributed by atoms with van der Waals surface area (Å²) in [5.74, 6) is -0.439. The van der Waals surface area contributed by atoms with E-state index >= 15 is 0 Å². The van der Waals surface area contributed by atoms with E-state index in [0.717, 1.165) is 45.9 Å². The molecule has 25 heavy (non-hydrogen) atoms. The van der Waals surface area contributed by atoms with Crippen LogP contribution in [0.5, 0.6) is 0 Å². The third-order valence-electron chi connectivity index (χ3n) is 2.88. The van der Waals surface area contributed by atoms with Crippen LogP contribution in [0.4, 0.5) is 18.9 Å². The van der Waals surface area contributed by atoms with E-state index in [2.05, 4.69) is 20.6 Å². The van der Waals surface area contributed by atoms with Crippen molar-refractivity contribution in [2.45, 2.75) is 10.5 Å². The Morgan fingerprint density at radius 3 is 2.64 bits per heavy atom. The van der Waals surface area contributed by atoms with Crippen LogP contribution in [0.25, 0.3) is 4.96 Å². The molecule has 3 aromatic rings. The number of amides is 1. The molecule has 2 aromatic heterocycles. The van der Waals surface area contributed by atoms with Gasteiger partial charge in [0.1, 0.15) is 6.20 Å². The zero-order valence-electron chi connectivity index (χ0n) is 12.1. The fraction of sp³-hybridized carbons (Fsp3) is 0.154. The first kappa shape index (κ1) is 17.4. The number of fused-ring (bicyclic) bond motifs is 1. The van der Waals surface area contributed by atoms with E-state index in [1.165, 1.54) is 12.1 Å². The van der Waals surface area contributed by atoms with Crippen molar-refractivity contribution in [1.82, 2.24) is 19.8 Å². The molecule has 130 valence electrons. The normalized spacial score (nSPS) is 11.6. The highest BCUT2D eigenvalue weighted by Crippen LogP contribution is 2.30. The number of hydrogen-bond donors (Lipinski definition) is 1. The van der Waals surface area contributed by atoms with Gasteiger partial charge in [-0.25, -0.2) is 0 Å². The van der Waals surface area contributed by atoms with Crippen molar-refractivity contribution in [1.29, 1.82) is 0 Å². The van der Waals surface area contributed by atoms with Gasteiger partial charge in [0.25, 0.3) is 5.56 Å². The van der Waals surface area contributed by atoms with Gasteiger partial charge >= 0.3 is 6.18 Å². The molecule has 0 saturated heterocycles. The zero-order valence-corrected chi connectivity index (χ0v) is 13.8. The van der Waals surface area contributed by atoms with Gasteiger partial charge in [0.05, 0.1) is 11.3 Å². The molecule has 1 N–H and O–H groups in total. The molecule has 0 spiro atoms. The molecule has 0 atom stereocenters. The summed E-state index contributed by atoms with van der Waals surface area (Å²) in [7, 11) is 0. The zero-order chi connectivity index (χ0) is 18.0. The van der Waals surface area contributed by atoms with Crippen LogP contribution in [0, 0.1) is 0 Å². The van der Waals surface area contributed by atoms with Gasteiger partial charge < -0.3 is 5.32 Å². The molecule has 0 unspecified atom stereocenters. The van der Waals surface area contributed by atoms with Crippen LogP contribution >= 0.6 is 23.1 Å². The molecule has 0 aliphatic heterocycles. The van der Waals surface area contributed by atoms with Crippen molar-refractivity contribution in [2.75, 3.05) is 11.1 Å². The predicted molar refractivity (Wildman–Crippen MR) is 85.7 cm³/mol. The van der Waals surface area contributed by atoms with Gasteiger partial charge in [0.15, 0.2) is 4.34 Å². The Kier molecular flexibility index (Phi) is 4.72. The van der Waals surface area contributed by atoms with Crippen molar-refractivity contribution in [3.05, 3.63) is 46.4 Å². The number of carbonyl (C=O) groups excluding carboxylic acids is 1. The van der Waals surface area contributed by atoms with Crippen molar-refractivity contribution in [3.63, 3.8) is 0 Å². The maximum Gasteiger partial charge on any atom is 0.416 e. The fourth-order valence-electron chi connectivity index (χ4n) is 1.78. The fourth-order valence-corrected chi connectivity index (χ4v) is 3.47. The first-order chi connectivity index (χ1) is 11.8. The summed E-state index contributed by atoms with van der Waals surface area (Å²) in [4.78, 5) is 23.7. The first-order valence-corrected chi connectivity index (χ1v) is 8.44. The standard InChI is InChI=1S/C13H8F3N5O2S2/c14-13(15,16)7-1-3-8(4-2-7)18-9(22)6-24-12-20-21-10(23)5-17-19-11(21)25-12/h1-5H,6H2,(H,18,22). The van der Waals surface area contributed by atoms with Crippen LogP contribution in [0.1, 0.15) is 5.56 Å².